The fourth-order valence-electron chi connectivity index (χ4n) is 2.06. The molecule has 90 valence electrons. The van der Waals surface area contributed by atoms with Gasteiger partial charge >= 0.3 is 5.97 Å². The predicted octanol–water partition coefficient (Wildman–Crippen LogP) is 0.387. The van der Waals surface area contributed by atoms with Gasteiger partial charge in [0, 0.05) is 5.56 Å². The second-order valence-electron chi connectivity index (χ2n) is 4.09. The molecule has 2 heterocycles. The number of hydrogen-bond donors (Lipinski definition) is 1. The van der Waals surface area contributed by atoms with E-state index in [2.05, 4.69) is 0 Å². The van der Waals surface area contributed by atoms with Gasteiger partial charge in [-0.05, 0) is 0 Å². The molecule has 1 aromatic carbocycles. The van der Waals surface area contributed by atoms with Crippen molar-refractivity contribution in [1.82, 2.24) is 0 Å². The highest BCUT2D eigenvalue weighted by Crippen LogP contribution is 2.34. The fourth-order valence-corrected chi connectivity index (χ4v) is 2.06. The van der Waals surface area contributed by atoms with E-state index in [1.165, 1.54) is 0 Å². The molecule has 0 radical (unpaired) electrons. The highest BCUT2D eigenvalue weighted by atomic mass is 16.7. The van der Waals surface area contributed by atoms with Gasteiger partial charge in [-0.1, -0.05) is 30.3 Å². The lowest BCUT2D eigenvalue weighted by Gasteiger charge is -2.25. The molecule has 0 aliphatic carbocycles. The monoisotopic (exact) mass is 236 g/mol. The van der Waals surface area contributed by atoms with Crippen LogP contribution in [0.1, 0.15) is 11.9 Å². The first-order valence-corrected chi connectivity index (χ1v) is 5.46. The van der Waals surface area contributed by atoms with Gasteiger partial charge in [0.25, 0.3) is 0 Å². The van der Waals surface area contributed by atoms with E-state index in [-0.39, 0.29) is 6.61 Å². The van der Waals surface area contributed by atoms with Gasteiger partial charge in [-0.3, -0.25) is 0 Å². The number of ether oxygens (including phenoxy) is 3. The quantitative estimate of drug-likeness (QED) is 0.714. The molecule has 0 spiro atoms. The topological polar surface area (TPSA) is 65.0 Å². The smallest absolute Gasteiger partial charge is 0.337 e. The Balaban J connectivity index is 1.79. The van der Waals surface area contributed by atoms with E-state index in [0.717, 1.165) is 5.56 Å². The van der Waals surface area contributed by atoms with Crippen molar-refractivity contribution >= 4 is 5.97 Å². The lowest BCUT2D eigenvalue weighted by Crippen LogP contribution is -2.48. The van der Waals surface area contributed by atoms with Gasteiger partial charge in [0.05, 0.1) is 0 Å². The molecule has 5 heteroatoms. The zero-order chi connectivity index (χ0) is 11.8. The maximum Gasteiger partial charge on any atom is 0.337 e. The second-order valence-corrected chi connectivity index (χ2v) is 4.09. The Morgan fingerprint density at radius 2 is 1.94 bits per heavy atom. The molecule has 0 saturated carbocycles. The number of aliphatic hydroxyl groups is 1. The van der Waals surface area contributed by atoms with E-state index < -0.39 is 30.6 Å². The van der Waals surface area contributed by atoms with Crippen molar-refractivity contribution in [2.45, 2.75) is 24.6 Å². The second kappa shape index (κ2) is 4.10. The molecule has 0 bridgehead atoms. The zero-order valence-corrected chi connectivity index (χ0v) is 8.98. The van der Waals surface area contributed by atoms with Crippen LogP contribution in [0.25, 0.3) is 0 Å². The molecule has 1 N–H and O–H groups in total. The number of carbonyl (C=O) groups excluding carboxylic acids is 1. The van der Waals surface area contributed by atoms with Crippen LogP contribution in [0.4, 0.5) is 0 Å². The molecule has 4 atom stereocenters. The van der Waals surface area contributed by atoms with Crippen LogP contribution >= 0.6 is 0 Å². The van der Waals surface area contributed by atoms with Gasteiger partial charge in [0.1, 0.15) is 18.8 Å². The largest absolute Gasteiger partial charge is 0.461 e. The van der Waals surface area contributed by atoms with Crippen LogP contribution in [-0.4, -0.2) is 36.0 Å². The Morgan fingerprint density at radius 3 is 2.71 bits per heavy atom. The number of rotatable bonds is 1. The lowest BCUT2D eigenvalue weighted by molar-refractivity contribution is -0.173. The van der Waals surface area contributed by atoms with Crippen LogP contribution in [0.3, 0.4) is 0 Å². The normalized spacial score (nSPS) is 36.4. The van der Waals surface area contributed by atoms with Crippen LogP contribution in [0.5, 0.6) is 0 Å². The molecule has 2 aliphatic heterocycles. The summed E-state index contributed by atoms with van der Waals surface area (Å²) in [6.07, 6.45) is -2.84. The van der Waals surface area contributed by atoms with Gasteiger partial charge in [-0.2, -0.15) is 0 Å². The molecule has 2 saturated heterocycles. The summed E-state index contributed by atoms with van der Waals surface area (Å²) >= 11 is 0. The van der Waals surface area contributed by atoms with Crippen molar-refractivity contribution in [2.75, 3.05) is 6.61 Å². The van der Waals surface area contributed by atoms with Gasteiger partial charge < -0.3 is 19.3 Å². The van der Waals surface area contributed by atoms with E-state index in [4.69, 9.17) is 14.2 Å². The Bertz CT molecular complexity index is 418. The Labute approximate surface area is 97.9 Å². The van der Waals surface area contributed by atoms with Crippen LogP contribution < -0.4 is 0 Å². The Morgan fingerprint density at radius 1 is 1.18 bits per heavy atom. The van der Waals surface area contributed by atoms with Gasteiger partial charge in [-0.15, -0.1) is 0 Å². The number of aliphatic hydroxyl groups excluding tert-OH is 1. The van der Waals surface area contributed by atoms with E-state index in [1.54, 1.807) is 0 Å². The van der Waals surface area contributed by atoms with Crippen molar-refractivity contribution in [2.24, 2.45) is 0 Å². The van der Waals surface area contributed by atoms with Crippen LogP contribution in [0, 0.1) is 0 Å². The van der Waals surface area contributed by atoms with E-state index >= 15 is 0 Å². The van der Waals surface area contributed by atoms with Crippen LogP contribution in [0.2, 0.25) is 0 Å². The minimum Gasteiger partial charge on any atom is -0.461 e. The number of fused-ring (bicyclic) bond motifs is 1. The van der Waals surface area contributed by atoms with Crippen molar-refractivity contribution in [3.05, 3.63) is 35.9 Å². The number of carbonyl (C=O) groups is 1. The minimum atomic E-state index is -1.26. The first-order chi connectivity index (χ1) is 8.25. The molecule has 4 unspecified atom stereocenters. The van der Waals surface area contributed by atoms with Crippen molar-refractivity contribution < 1.29 is 24.1 Å². The molecule has 17 heavy (non-hydrogen) atoms. The molecule has 3 rings (SSSR count). The predicted molar refractivity (Wildman–Crippen MR) is 55.9 cm³/mol. The van der Waals surface area contributed by atoms with E-state index in [0.29, 0.717) is 0 Å². The van der Waals surface area contributed by atoms with E-state index in [9.17, 15) is 9.90 Å². The third-order valence-electron chi connectivity index (χ3n) is 2.96. The maximum atomic E-state index is 11.2. The van der Waals surface area contributed by atoms with Crippen molar-refractivity contribution in [3.63, 3.8) is 0 Å². The lowest BCUT2D eigenvalue weighted by atomic mass is 10.1. The summed E-state index contributed by atoms with van der Waals surface area (Å²) in [5.41, 5.74) is 0.863. The number of esters is 1. The molecule has 0 amide bonds. The van der Waals surface area contributed by atoms with Crippen molar-refractivity contribution in [1.29, 1.82) is 0 Å². The van der Waals surface area contributed by atoms with Crippen molar-refractivity contribution in [3.8, 4) is 0 Å². The summed E-state index contributed by atoms with van der Waals surface area (Å²) in [6.45, 7) is 0.129. The average molecular weight is 236 g/mol. The summed E-state index contributed by atoms with van der Waals surface area (Å²) in [4.78, 5) is 11.2. The maximum absolute atomic E-state index is 11.2. The highest BCUT2D eigenvalue weighted by molar-refractivity contribution is 5.76. The summed E-state index contributed by atoms with van der Waals surface area (Å²) in [6, 6.07) is 9.39. The highest BCUT2D eigenvalue weighted by Gasteiger charge is 2.48. The van der Waals surface area contributed by atoms with Gasteiger partial charge in [0.15, 0.2) is 12.4 Å². The molecule has 2 fully saturated rings. The Kier molecular flexibility index (Phi) is 2.58. The van der Waals surface area contributed by atoms with E-state index in [1.807, 2.05) is 30.3 Å². The molecule has 1 aromatic rings. The summed E-state index contributed by atoms with van der Waals surface area (Å²) in [7, 11) is 0. The third kappa shape index (κ3) is 1.82. The van der Waals surface area contributed by atoms with Gasteiger partial charge in [0.2, 0.25) is 0 Å². The molecule has 0 aromatic heterocycles. The summed E-state index contributed by atoms with van der Waals surface area (Å²) in [5.74, 6) is -0.649. The van der Waals surface area contributed by atoms with Gasteiger partial charge in [-0.25, -0.2) is 4.79 Å². The Hall–Kier alpha value is -1.43. The van der Waals surface area contributed by atoms with Crippen LogP contribution in [-0.2, 0) is 19.0 Å². The fraction of sp³-hybridized carbons (Fsp3) is 0.417. The van der Waals surface area contributed by atoms with Crippen LogP contribution in [0.15, 0.2) is 30.3 Å². The SMILES string of the molecule is O=C1OCC2OC(c3ccccc3)OC2C1O. The minimum absolute atomic E-state index is 0.129. The zero-order valence-electron chi connectivity index (χ0n) is 8.98. The molecular formula is C12H12O5. The first kappa shape index (κ1) is 10.7. The number of cyclic esters (lactones) is 1. The number of hydrogen-bond acceptors (Lipinski definition) is 5. The third-order valence-corrected chi connectivity index (χ3v) is 2.96. The average Bonchev–Trinajstić information content (AvgIpc) is 2.80. The molecule has 5 nitrogen and oxygen atoms in total. The summed E-state index contributed by atoms with van der Waals surface area (Å²) < 4.78 is 16.0. The standard InChI is InChI=1S/C12H12O5/c13-9-10-8(6-15-11(9)14)16-12(17-10)7-4-2-1-3-5-7/h1-5,8-10,12-13H,6H2. The first-order valence-electron chi connectivity index (χ1n) is 5.46. The molecular weight excluding hydrogens is 224 g/mol. The number of benzene rings is 1. The summed E-state index contributed by atoms with van der Waals surface area (Å²) in [5, 5.41) is 9.63. The molecule has 2 aliphatic rings.